The van der Waals surface area contributed by atoms with E-state index in [2.05, 4.69) is 0 Å². The lowest BCUT2D eigenvalue weighted by atomic mass is 10.4. The molecule has 90 valence electrons. The van der Waals surface area contributed by atoms with Crippen LogP contribution >= 0.6 is 0 Å². The molecule has 0 spiro atoms. The van der Waals surface area contributed by atoms with E-state index in [4.69, 9.17) is 9.52 Å². The number of hydrogen-bond acceptors (Lipinski definition) is 4. The van der Waals surface area contributed by atoms with Crippen molar-refractivity contribution in [2.75, 3.05) is 13.6 Å². The number of hydrogen-bond donors (Lipinski definition) is 1. The van der Waals surface area contributed by atoms with Crippen LogP contribution in [0.15, 0.2) is 15.4 Å². The van der Waals surface area contributed by atoms with Crippen LogP contribution < -0.4 is 0 Å². The summed E-state index contributed by atoms with van der Waals surface area (Å²) in [5, 5.41) is 8.68. The molecule has 0 fully saturated rings. The van der Waals surface area contributed by atoms with Gasteiger partial charge >= 0.3 is 5.97 Å². The van der Waals surface area contributed by atoms with Gasteiger partial charge in [0.05, 0.1) is 0 Å². The molecule has 0 aliphatic carbocycles. The summed E-state index contributed by atoms with van der Waals surface area (Å²) < 4.78 is 29.8. The molecule has 0 radical (unpaired) electrons. The van der Waals surface area contributed by atoms with Crippen LogP contribution in [0.25, 0.3) is 0 Å². The molecule has 0 aromatic carbocycles. The molecule has 0 atom stereocenters. The Balaban J connectivity index is 3.29. The highest BCUT2D eigenvalue weighted by Crippen LogP contribution is 2.22. The molecule has 7 heteroatoms. The van der Waals surface area contributed by atoms with Crippen molar-refractivity contribution in [2.24, 2.45) is 0 Å². The SMILES string of the molecule is CCN(C)S(=O)(=O)c1cc(C(=O)O)oc1C. The first kappa shape index (κ1) is 12.7. The quantitative estimate of drug-likeness (QED) is 0.855. The second-order valence-electron chi connectivity index (χ2n) is 3.26. The molecule has 1 heterocycles. The molecule has 1 rings (SSSR count). The maximum Gasteiger partial charge on any atom is 0.371 e. The lowest BCUT2D eigenvalue weighted by Crippen LogP contribution is -2.26. The van der Waals surface area contributed by atoms with Gasteiger partial charge in [-0.05, 0) is 6.92 Å². The van der Waals surface area contributed by atoms with Crippen molar-refractivity contribution >= 4 is 16.0 Å². The normalized spacial score (nSPS) is 12.0. The van der Waals surface area contributed by atoms with E-state index in [1.54, 1.807) is 6.92 Å². The Hall–Kier alpha value is -1.34. The van der Waals surface area contributed by atoms with Crippen molar-refractivity contribution in [3.8, 4) is 0 Å². The average molecular weight is 247 g/mol. The van der Waals surface area contributed by atoms with Crippen molar-refractivity contribution in [1.82, 2.24) is 4.31 Å². The number of aryl methyl sites for hydroxylation is 1. The third kappa shape index (κ3) is 2.10. The molecule has 0 amide bonds. The monoisotopic (exact) mass is 247 g/mol. The summed E-state index contributed by atoms with van der Waals surface area (Å²) >= 11 is 0. The van der Waals surface area contributed by atoms with Crippen LogP contribution in [-0.2, 0) is 10.0 Å². The van der Waals surface area contributed by atoms with E-state index >= 15 is 0 Å². The molecule has 0 saturated heterocycles. The van der Waals surface area contributed by atoms with Crippen molar-refractivity contribution in [3.63, 3.8) is 0 Å². The van der Waals surface area contributed by atoms with Crippen LogP contribution in [0.1, 0.15) is 23.2 Å². The minimum atomic E-state index is -3.66. The first-order chi connectivity index (χ1) is 7.30. The molecule has 6 nitrogen and oxygen atoms in total. The number of aromatic carboxylic acids is 1. The minimum Gasteiger partial charge on any atom is -0.475 e. The van der Waals surface area contributed by atoms with E-state index in [1.165, 1.54) is 14.0 Å². The van der Waals surface area contributed by atoms with Crippen LogP contribution in [0.4, 0.5) is 0 Å². The Morgan fingerprint density at radius 2 is 2.12 bits per heavy atom. The van der Waals surface area contributed by atoms with E-state index in [1.807, 2.05) is 0 Å². The third-order valence-corrected chi connectivity index (χ3v) is 4.26. The van der Waals surface area contributed by atoms with Gasteiger partial charge in [0.2, 0.25) is 15.8 Å². The highest BCUT2D eigenvalue weighted by molar-refractivity contribution is 7.89. The first-order valence-electron chi connectivity index (χ1n) is 4.60. The van der Waals surface area contributed by atoms with Crippen LogP contribution in [-0.4, -0.2) is 37.4 Å². The average Bonchev–Trinajstić information content (AvgIpc) is 2.59. The van der Waals surface area contributed by atoms with Gasteiger partial charge in [-0.1, -0.05) is 6.92 Å². The molecule has 0 bridgehead atoms. The van der Waals surface area contributed by atoms with Gasteiger partial charge in [-0.15, -0.1) is 0 Å². The highest BCUT2D eigenvalue weighted by atomic mass is 32.2. The molecular formula is C9H13NO5S. The van der Waals surface area contributed by atoms with E-state index in [0.29, 0.717) is 6.54 Å². The predicted octanol–water partition coefficient (Wildman–Crippen LogP) is 0.927. The fraction of sp³-hybridized carbons (Fsp3) is 0.444. The maximum absolute atomic E-state index is 11.9. The molecule has 1 aromatic heterocycles. The van der Waals surface area contributed by atoms with E-state index < -0.39 is 16.0 Å². The number of rotatable bonds is 4. The summed E-state index contributed by atoms with van der Waals surface area (Å²) in [6, 6.07) is 1.03. The van der Waals surface area contributed by atoms with Crippen molar-refractivity contribution in [2.45, 2.75) is 18.7 Å². The molecule has 0 saturated carbocycles. The zero-order chi connectivity index (χ0) is 12.5. The molecule has 16 heavy (non-hydrogen) atoms. The topological polar surface area (TPSA) is 87.8 Å². The van der Waals surface area contributed by atoms with Gasteiger partial charge in [0.15, 0.2) is 0 Å². The molecule has 0 aliphatic rings. The van der Waals surface area contributed by atoms with E-state index in [-0.39, 0.29) is 16.4 Å². The lowest BCUT2D eigenvalue weighted by molar-refractivity contribution is 0.0661. The van der Waals surface area contributed by atoms with Crippen LogP contribution in [0.3, 0.4) is 0 Å². The minimum absolute atomic E-state index is 0.0812. The Kier molecular flexibility index (Phi) is 3.39. The summed E-state index contributed by atoms with van der Waals surface area (Å²) in [4.78, 5) is 10.5. The molecule has 0 unspecified atom stereocenters. The molecule has 0 aliphatic heterocycles. The third-order valence-electron chi connectivity index (χ3n) is 2.22. The lowest BCUT2D eigenvalue weighted by Gasteiger charge is -2.13. The van der Waals surface area contributed by atoms with Crippen molar-refractivity contribution < 1.29 is 22.7 Å². The van der Waals surface area contributed by atoms with Gasteiger partial charge < -0.3 is 9.52 Å². The summed E-state index contributed by atoms with van der Waals surface area (Å²) in [5.41, 5.74) is 0. The zero-order valence-corrected chi connectivity index (χ0v) is 10.0. The summed E-state index contributed by atoms with van der Waals surface area (Å²) in [7, 11) is -2.24. The maximum atomic E-state index is 11.9. The van der Waals surface area contributed by atoms with Crippen LogP contribution in [0, 0.1) is 6.92 Å². The fourth-order valence-electron chi connectivity index (χ4n) is 1.16. The highest BCUT2D eigenvalue weighted by Gasteiger charge is 2.26. The number of nitrogens with zero attached hydrogens (tertiary/aromatic N) is 1. The van der Waals surface area contributed by atoms with Crippen molar-refractivity contribution in [3.05, 3.63) is 17.6 Å². The molecule has 1 aromatic rings. The summed E-state index contributed by atoms with van der Waals surface area (Å²) in [5.74, 6) is -1.58. The van der Waals surface area contributed by atoms with Crippen molar-refractivity contribution in [1.29, 1.82) is 0 Å². The number of carboxylic acid groups (broad SMARTS) is 1. The zero-order valence-electron chi connectivity index (χ0n) is 9.22. The Morgan fingerprint density at radius 3 is 2.50 bits per heavy atom. The standard InChI is InChI=1S/C9H13NO5S/c1-4-10(3)16(13,14)8-5-7(9(11)12)15-6(8)2/h5H,4H2,1-3H3,(H,11,12). The number of carboxylic acids is 1. The second-order valence-corrected chi connectivity index (χ2v) is 5.27. The number of sulfonamides is 1. The molecular weight excluding hydrogens is 234 g/mol. The predicted molar refractivity (Wildman–Crippen MR) is 55.9 cm³/mol. The second kappa shape index (κ2) is 4.26. The summed E-state index contributed by atoms with van der Waals surface area (Å²) in [6.45, 7) is 3.41. The summed E-state index contributed by atoms with van der Waals surface area (Å²) in [6.07, 6.45) is 0. The van der Waals surface area contributed by atoms with Gasteiger partial charge in [-0.25, -0.2) is 17.5 Å². The van der Waals surface area contributed by atoms with Gasteiger partial charge in [0, 0.05) is 19.7 Å². The largest absolute Gasteiger partial charge is 0.475 e. The van der Waals surface area contributed by atoms with E-state index in [0.717, 1.165) is 10.4 Å². The number of furan rings is 1. The fourth-order valence-corrected chi connectivity index (χ4v) is 2.50. The first-order valence-corrected chi connectivity index (χ1v) is 6.04. The van der Waals surface area contributed by atoms with Gasteiger partial charge in [0.25, 0.3) is 0 Å². The molecule has 1 N–H and O–H groups in total. The smallest absolute Gasteiger partial charge is 0.371 e. The Labute approximate surface area is 93.5 Å². The van der Waals surface area contributed by atoms with Gasteiger partial charge in [-0.3, -0.25) is 0 Å². The van der Waals surface area contributed by atoms with E-state index in [9.17, 15) is 13.2 Å². The van der Waals surface area contributed by atoms with Crippen LogP contribution in [0.2, 0.25) is 0 Å². The number of carbonyl (C=O) groups is 1. The van der Waals surface area contributed by atoms with Gasteiger partial charge in [0.1, 0.15) is 10.7 Å². The Morgan fingerprint density at radius 1 is 1.56 bits per heavy atom. The van der Waals surface area contributed by atoms with Gasteiger partial charge in [-0.2, -0.15) is 0 Å². The van der Waals surface area contributed by atoms with Crippen LogP contribution in [0.5, 0.6) is 0 Å². The Bertz CT molecular complexity index is 502.